The second-order valence-corrected chi connectivity index (χ2v) is 12.1. The molecule has 1 atom stereocenters. The number of aryl methyl sites for hydroxylation is 2. The van der Waals surface area contributed by atoms with Crippen LogP contribution in [0.25, 0.3) is 10.9 Å². The van der Waals surface area contributed by atoms with Crippen molar-refractivity contribution in [1.29, 1.82) is 0 Å². The van der Waals surface area contributed by atoms with E-state index in [2.05, 4.69) is 20.3 Å². The van der Waals surface area contributed by atoms with Gasteiger partial charge in [-0.1, -0.05) is 29.4 Å². The lowest BCUT2D eigenvalue weighted by Gasteiger charge is -2.31. The number of para-hydroxylation sites is 1. The van der Waals surface area contributed by atoms with Crippen molar-refractivity contribution < 1.29 is 26.3 Å². The highest BCUT2D eigenvalue weighted by molar-refractivity contribution is 5.84. The number of pyridine rings is 1. The van der Waals surface area contributed by atoms with Crippen molar-refractivity contribution in [3.8, 4) is 0 Å². The van der Waals surface area contributed by atoms with E-state index < -0.39 is 35.8 Å². The molecule has 43 heavy (non-hydrogen) atoms. The maximum atomic E-state index is 13.7. The highest BCUT2D eigenvalue weighted by Gasteiger charge is 2.42. The van der Waals surface area contributed by atoms with Crippen molar-refractivity contribution in [3.05, 3.63) is 58.7 Å². The van der Waals surface area contributed by atoms with E-state index in [0.29, 0.717) is 11.8 Å². The zero-order chi connectivity index (χ0) is 30.5. The fourth-order valence-electron chi connectivity index (χ4n) is 5.73. The summed E-state index contributed by atoms with van der Waals surface area (Å²) in [7, 11) is 1.56. The molecule has 7 nitrogen and oxygen atoms in total. The lowest BCUT2D eigenvalue weighted by molar-refractivity contribution is -0.0999. The first-order valence-electron chi connectivity index (χ1n) is 14.5. The van der Waals surface area contributed by atoms with Crippen molar-refractivity contribution in [2.75, 3.05) is 29.4 Å². The van der Waals surface area contributed by atoms with E-state index in [1.54, 1.807) is 11.9 Å². The Bertz CT molecular complexity index is 1530. The molecule has 2 heterocycles. The molecule has 2 saturated carbocycles. The van der Waals surface area contributed by atoms with Gasteiger partial charge < -0.3 is 9.80 Å². The fraction of sp³-hybridized carbons (Fsp3) is 0.533. The lowest BCUT2D eigenvalue weighted by atomic mass is 9.89. The van der Waals surface area contributed by atoms with Gasteiger partial charge in [-0.2, -0.15) is 31.1 Å². The molecule has 2 aromatic heterocycles. The summed E-state index contributed by atoms with van der Waals surface area (Å²) in [6.45, 7) is 3.68. The number of rotatable bonds is 10. The van der Waals surface area contributed by atoms with Crippen LogP contribution in [0.2, 0.25) is 0 Å². The maximum Gasteiger partial charge on any atom is 0.416 e. The number of nitrogens with zero attached hydrogens (tertiary/aromatic N) is 7. The van der Waals surface area contributed by atoms with Gasteiger partial charge in [0.2, 0.25) is 0 Å². The van der Waals surface area contributed by atoms with Crippen LogP contribution in [-0.4, -0.2) is 57.2 Å². The Balaban J connectivity index is 1.39. The molecule has 1 unspecified atom stereocenters. The zero-order valence-electron chi connectivity index (χ0n) is 24.0. The van der Waals surface area contributed by atoms with Crippen LogP contribution in [0.4, 0.5) is 38.1 Å². The van der Waals surface area contributed by atoms with Gasteiger partial charge in [-0.3, -0.25) is 0 Å². The molecule has 3 aliphatic carbocycles. The van der Waals surface area contributed by atoms with Gasteiger partial charge in [0.1, 0.15) is 5.82 Å². The van der Waals surface area contributed by atoms with E-state index >= 15 is 0 Å². The molecule has 6 rings (SSSR count). The molecule has 13 heteroatoms. The minimum Gasteiger partial charge on any atom is -0.356 e. The molecule has 0 spiro atoms. The Morgan fingerprint density at radius 2 is 1.63 bits per heavy atom. The molecule has 0 radical (unpaired) electrons. The number of anilines is 2. The average molecular weight is 606 g/mol. The third kappa shape index (κ3) is 6.96. The summed E-state index contributed by atoms with van der Waals surface area (Å²) in [5.41, 5.74) is 0.199. The van der Waals surface area contributed by atoms with Gasteiger partial charge in [-0.15, -0.1) is 5.10 Å². The van der Waals surface area contributed by atoms with Crippen LogP contribution in [0.3, 0.4) is 0 Å². The first kappa shape index (κ1) is 29.4. The van der Waals surface area contributed by atoms with Crippen LogP contribution in [0.15, 0.2) is 47.6 Å². The second-order valence-electron chi connectivity index (χ2n) is 12.1. The maximum absolute atomic E-state index is 13.7. The van der Waals surface area contributed by atoms with Gasteiger partial charge in [0.25, 0.3) is 5.95 Å². The molecule has 0 saturated heterocycles. The summed E-state index contributed by atoms with van der Waals surface area (Å²) < 4.78 is 82.1. The van der Waals surface area contributed by atoms with Crippen molar-refractivity contribution in [2.24, 2.45) is 24.8 Å². The van der Waals surface area contributed by atoms with E-state index in [-0.39, 0.29) is 25.1 Å². The molecule has 2 fully saturated rings. The van der Waals surface area contributed by atoms with Gasteiger partial charge in [-0.25, -0.2) is 4.98 Å². The Hall–Kier alpha value is -3.64. The lowest BCUT2D eigenvalue weighted by Crippen LogP contribution is -2.35. The highest BCUT2D eigenvalue weighted by Crippen LogP contribution is 2.41. The topological polar surface area (TPSA) is 63.0 Å². The molecule has 3 aliphatic rings. The first-order chi connectivity index (χ1) is 20.3. The van der Waals surface area contributed by atoms with Crippen LogP contribution >= 0.6 is 0 Å². The van der Waals surface area contributed by atoms with Gasteiger partial charge in [-0.05, 0) is 79.7 Å². The van der Waals surface area contributed by atoms with Gasteiger partial charge in [0.05, 0.1) is 18.1 Å². The quantitative estimate of drug-likeness (QED) is 0.240. The molecule has 3 aromatic rings. The number of hydrogen-bond acceptors (Lipinski definition) is 6. The van der Waals surface area contributed by atoms with E-state index in [0.717, 1.165) is 72.7 Å². The number of hydrogen-bond donors (Lipinski definition) is 0. The summed E-state index contributed by atoms with van der Waals surface area (Å²) in [5, 5.41) is 13.2. The third-order valence-electron chi connectivity index (χ3n) is 8.27. The molecular formula is C30H33F6N7. The van der Waals surface area contributed by atoms with E-state index in [1.807, 2.05) is 31.2 Å². The number of aromatic nitrogens is 5. The number of tetrazole rings is 1. The Kier molecular flexibility index (Phi) is 7.62. The SMILES string of the molecule is Cc1cccc2cc(CN(CC3C=C(C(F)(F)F)C=C(C(F)(F)F)C3)c3nnn(C)n3)c(N(CC3CC3)CC3CC3)nc12. The van der Waals surface area contributed by atoms with E-state index in [4.69, 9.17) is 4.98 Å². The summed E-state index contributed by atoms with van der Waals surface area (Å²) >= 11 is 0. The van der Waals surface area contributed by atoms with Crippen LogP contribution in [0, 0.1) is 24.7 Å². The predicted octanol–water partition coefficient (Wildman–Crippen LogP) is 6.70. The molecule has 1 aromatic carbocycles. The molecule has 0 amide bonds. The number of fused-ring (bicyclic) bond motifs is 1. The highest BCUT2D eigenvalue weighted by atomic mass is 19.4. The molecule has 230 valence electrons. The zero-order valence-corrected chi connectivity index (χ0v) is 24.0. The smallest absolute Gasteiger partial charge is 0.356 e. The summed E-state index contributed by atoms with van der Waals surface area (Å²) in [6, 6.07) is 7.92. The molecule has 0 bridgehead atoms. The Morgan fingerprint density at radius 3 is 2.21 bits per heavy atom. The third-order valence-corrected chi connectivity index (χ3v) is 8.27. The Labute approximate surface area is 245 Å². The minimum absolute atomic E-state index is 0.124. The molecule has 0 N–H and O–H groups in total. The minimum atomic E-state index is -4.91. The van der Waals surface area contributed by atoms with Crippen molar-refractivity contribution in [3.63, 3.8) is 0 Å². The van der Waals surface area contributed by atoms with Crippen LogP contribution in [0.5, 0.6) is 0 Å². The summed E-state index contributed by atoms with van der Waals surface area (Å²) in [6.07, 6.45) is -4.66. The predicted molar refractivity (Wildman–Crippen MR) is 150 cm³/mol. The normalized spacial score (nSPS) is 19.4. The second kappa shape index (κ2) is 11.1. The van der Waals surface area contributed by atoms with E-state index in [1.165, 1.54) is 4.80 Å². The summed E-state index contributed by atoms with van der Waals surface area (Å²) in [5.74, 6) is 0.994. The van der Waals surface area contributed by atoms with Crippen molar-refractivity contribution in [1.82, 2.24) is 25.2 Å². The fourth-order valence-corrected chi connectivity index (χ4v) is 5.73. The van der Waals surface area contributed by atoms with Gasteiger partial charge in [0, 0.05) is 42.7 Å². The number of benzene rings is 1. The van der Waals surface area contributed by atoms with Crippen molar-refractivity contribution >= 4 is 22.7 Å². The number of alkyl halides is 6. The monoisotopic (exact) mass is 605 g/mol. The van der Waals surface area contributed by atoms with E-state index in [9.17, 15) is 26.3 Å². The molecule has 0 aliphatic heterocycles. The summed E-state index contributed by atoms with van der Waals surface area (Å²) in [4.78, 5) is 10.3. The Morgan fingerprint density at radius 1 is 0.930 bits per heavy atom. The van der Waals surface area contributed by atoms with Gasteiger partial charge >= 0.3 is 12.4 Å². The van der Waals surface area contributed by atoms with Crippen LogP contribution < -0.4 is 9.80 Å². The van der Waals surface area contributed by atoms with Crippen molar-refractivity contribution in [2.45, 2.75) is 57.9 Å². The van der Waals surface area contributed by atoms with Crippen LogP contribution in [-0.2, 0) is 13.6 Å². The number of halogens is 6. The standard InChI is InChI=1S/C30H33F6N7/c1-18-4-3-5-22-12-23(27(37-26(18)22)42(14-19-6-7-19)15-20-8-9-20)17-43(28-38-40-41(2)39-28)16-21-10-24(29(31,32)33)13-25(11-21)30(34,35)36/h3-5,10,12-13,19-21H,6-9,11,14-17H2,1-2H3. The van der Waals surface area contributed by atoms with Crippen LogP contribution in [0.1, 0.15) is 43.2 Å². The number of allylic oxidation sites excluding steroid dienone is 3. The first-order valence-corrected chi connectivity index (χ1v) is 14.5. The van der Waals surface area contributed by atoms with Gasteiger partial charge in [0.15, 0.2) is 0 Å². The largest absolute Gasteiger partial charge is 0.416 e. The average Bonchev–Trinajstić information content (AvgIpc) is 3.87. The molecular weight excluding hydrogens is 572 g/mol.